The van der Waals surface area contributed by atoms with E-state index < -0.39 is 5.82 Å². The normalized spacial score (nSPS) is 10.1. The summed E-state index contributed by atoms with van der Waals surface area (Å²) in [5, 5.41) is 11.4. The first kappa shape index (κ1) is 13.2. The molecule has 0 saturated carbocycles. The minimum absolute atomic E-state index is 0.142. The fraction of sp³-hybridized carbons (Fsp3) is 0.385. The Morgan fingerprint density at radius 1 is 1.53 bits per heavy atom. The lowest BCUT2D eigenvalue weighted by molar-refractivity contribution is -0.116. The summed E-state index contributed by atoms with van der Waals surface area (Å²) in [6.07, 6.45) is 1.19. The van der Waals surface area contributed by atoms with Gasteiger partial charge in [-0.2, -0.15) is 5.26 Å². The van der Waals surface area contributed by atoms with Gasteiger partial charge in [0.2, 0.25) is 5.91 Å². The molecular weight excluding hydrogens is 219 g/mol. The van der Waals surface area contributed by atoms with Crippen LogP contribution in [0.2, 0.25) is 0 Å². The van der Waals surface area contributed by atoms with Gasteiger partial charge in [-0.25, -0.2) is 4.39 Å². The molecule has 1 rings (SSSR count). The lowest BCUT2D eigenvalue weighted by Crippen LogP contribution is -2.13. The number of carbonyl (C=O) groups is 1. The van der Waals surface area contributed by atoms with E-state index in [0.717, 1.165) is 12.5 Å². The maximum atomic E-state index is 12.9. The zero-order valence-electron chi connectivity index (χ0n) is 9.96. The molecular formula is C13H15FN2O. The standard InChI is InChI=1S/C13H15FN2O/c1-9(2)3-6-13(17)16-12-5-4-11(14)7-10(12)8-15/h4-5,7,9H,3,6H2,1-2H3,(H,16,17). The van der Waals surface area contributed by atoms with Gasteiger partial charge in [-0.15, -0.1) is 0 Å². The number of halogens is 1. The number of benzene rings is 1. The van der Waals surface area contributed by atoms with Gasteiger partial charge < -0.3 is 5.32 Å². The number of nitrogens with one attached hydrogen (secondary N) is 1. The van der Waals surface area contributed by atoms with Crippen LogP contribution in [0.25, 0.3) is 0 Å². The molecule has 0 unspecified atom stereocenters. The van der Waals surface area contributed by atoms with Crippen molar-refractivity contribution in [3.63, 3.8) is 0 Å². The fourth-order valence-corrected chi connectivity index (χ4v) is 1.35. The Kier molecular flexibility index (Phi) is 4.65. The van der Waals surface area contributed by atoms with Crippen molar-refractivity contribution in [1.29, 1.82) is 5.26 Å². The van der Waals surface area contributed by atoms with Gasteiger partial charge in [0.15, 0.2) is 0 Å². The molecule has 0 aliphatic heterocycles. The van der Waals surface area contributed by atoms with Crippen LogP contribution in [0, 0.1) is 23.1 Å². The highest BCUT2D eigenvalue weighted by molar-refractivity contribution is 5.92. The molecule has 0 fully saturated rings. The fourth-order valence-electron chi connectivity index (χ4n) is 1.35. The van der Waals surface area contributed by atoms with Crippen LogP contribution in [0.15, 0.2) is 18.2 Å². The molecule has 1 aromatic rings. The number of rotatable bonds is 4. The van der Waals surface area contributed by atoms with Crippen LogP contribution in [-0.2, 0) is 4.79 Å². The molecule has 1 amide bonds. The van der Waals surface area contributed by atoms with Crippen molar-refractivity contribution in [1.82, 2.24) is 0 Å². The molecule has 4 heteroatoms. The predicted octanol–water partition coefficient (Wildman–Crippen LogP) is 3.07. The van der Waals surface area contributed by atoms with Gasteiger partial charge in [0.25, 0.3) is 0 Å². The summed E-state index contributed by atoms with van der Waals surface area (Å²) >= 11 is 0. The van der Waals surface area contributed by atoms with Gasteiger partial charge in [-0.05, 0) is 30.5 Å². The zero-order valence-corrected chi connectivity index (χ0v) is 9.96. The first-order valence-electron chi connectivity index (χ1n) is 5.52. The van der Waals surface area contributed by atoms with Gasteiger partial charge in [0.1, 0.15) is 11.9 Å². The Morgan fingerprint density at radius 3 is 2.82 bits per heavy atom. The van der Waals surface area contributed by atoms with E-state index in [1.165, 1.54) is 12.1 Å². The molecule has 0 saturated heterocycles. The molecule has 17 heavy (non-hydrogen) atoms. The molecule has 0 aliphatic rings. The molecule has 0 aliphatic carbocycles. The number of nitrogens with zero attached hydrogens (tertiary/aromatic N) is 1. The van der Waals surface area contributed by atoms with Crippen LogP contribution in [0.1, 0.15) is 32.3 Å². The zero-order chi connectivity index (χ0) is 12.8. The molecule has 1 N–H and O–H groups in total. The van der Waals surface area contributed by atoms with Crippen molar-refractivity contribution in [2.75, 3.05) is 5.32 Å². The quantitative estimate of drug-likeness (QED) is 0.870. The van der Waals surface area contributed by atoms with Crippen molar-refractivity contribution < 1.29 is 9.18 Å². The van der Waals surface area contributed by atoms with Crippen molar-refractivity contribution in [3.05, 3.63) is 29.6 Å². The van der Waals surface area contributed by atoms with Crippen LogP contribution < -0.4 is 5.32 Å². The van der Waals surface area contributed by atoms with E-state index in [1.54, 1.807) is 0 Å². The summed E-state index contributed by atoms with van der Waals surface area (Å²) in [7, 11) is 0. The van der Waals surface area contributed by atoms with E-state index in [-0.39, 0.29) is 11.5 Å². The summed E-state index contributed by atoms with van der Waals surface area (Å²) in [5.74, 6) is -0.187. The highest BCUT2D eigenvalue weighted by atomic mass is 19.1. The number of amides is 1. The molecule has 0 spiro atoms. The van der Waals surface area contributed by atoms with Crippen LogP contribution in [0.3, 0.4) is 0 Å². The smallest absolute Gasteiger partial charge is 0.224 e. The molecule has 1 aromatic carbocycles. The molecule has 90 valence electrons. The number of hydrogen-bond donors (Lipinski definition) is 1. The molecule has 0 heterocycles. The van der Waals surface area contributed by atoms with Gasteiger partial charge in [-0.1, -0.05) is 13.8 Å². The Morgan fingerprint density at radius 2 is 2.24 bits per heavy atom. The predicted molar refractivity (Wildman–Crippen MR) is 63.8 cm³/mol. The second kappa shape index (κ2) is 6.00. The summed E-state index contributed by atoms with van der Waals surface area (Å²) in [6, 6.07) is 5.59. The Hall–Kier alpha value is -1.89. The maximum absolute atomic E-state index is 12.9. The van der Waals surface area contributed by atoms with Gasteiger partial charge in [-0.3, -0.25) is 4.79 Å². The summed E-state index contributed by atoms with van der Waals surface area (Å²) < 4.78 is 12.9. The topological polar surface area (TPSA) is 52.9 Å². The molecule has 0 bridgehead atoms. The molecule has 3 nitrogen and oxygen atoms in total. The minimum Gasteiger partial charge on any atom is -0.325 e. The number of carbonyl (C=O) groups excluding carboxylic acids is 1. The SMILES string of the molecule is CC(C)CCC(=O)Nc1ccc(F)cc1C#N. The highest BCUT2D eigenvalue weighted by Crippen LogP contribution is 2.16. The van der Waals surface area contributed by atoms with E-state index in [1.807, 2.05) is 19.9 Å². The molecule has 0 aromatic heterocycles. The summed E-state index contributed by atoms with van der Waals surface area (Å²) in [6.45, 7) is 4.07. The van der Waals surface area contributed by atoms with Crippen molar-refractivity contribution in [2.24, 2.45) is 5.92 Å². The lowest BCUT2D eigenvalue weighted by Gasteiger charge is -2.08. The first-order chi connectivity index (χ1) is 8.02. The molecule has 0 radical (unpaired) electrons. The molecule has 0 atom stereocenters. The summed E-state index contributed by atoms with van der Waals surface area (Å²) in [4.78, 5) is 11.6. The lowest BCUT2D eigenvalue weighted by atomic mass is 10.1. The van der Waals surface area contributed by atoms with Crippen LogP contribution in [0.4, 0.5) is 10.1 Å². The number of anilines is 1. The van der Waals surface area contributed by atoms with Crippen molar-refractivity contribution in [3.8, 4) is 6.07 Å². The van der Waals surface area contributed by atoms with Gasteiger partial charge >= 0.3 is 0 Å². The average molecular weight is 234 g/mol. The number of hydrogen-bond acceptors (Lipinski definition) is 2. The Bertz CT molecular complexity index is 449. The highest BCUT2D eigenvalue weighted by Gasteiger charge is 2.08. The third-order valence-electron chi connectivity index (χ3n) is 2.32. The van der Waals surface area contributed by atoms with E-state index >= 15 is 0 Å². The second-order valence-electron chi connectivity index (χ2n) is 4.28. The first-order valence-corrected chi connectivity index (χ1v) is 5.52. The van der Waals surface area contributed by atoms with Crippen LogP contribution in [0.5, 0.6) is 0 Å². The largest absolute Gasteiger partial charge is 0.325 e. The van der Waals surface area contributed by atoms with Crippen LogP contribution >= 0.6 is 0 Å². The monoisotopic (exact) mass is 234 g/mol. The third kappa shape index (κ3) is 4.23. The minimum atomic E-state index is -0.485. The van der Waals surface area contributed by atoms with E-state index in [4.69, 9.17) is 5.26 Å². The van der Waals surface area contributed by atoms with Gasteiger partial charge in [0, 0.05) is 6.42 Å². The number of nitriles is 1. The van der Waals surface area contributed by atoms with Gasteiger partial charge in [0.05, 0.1) is 11.3 Å². The summed E-state index contributed by atoms with van der Waals surface area (Å²) in [5.41, 5.74) is 0.505. The van der Waals surface area contributed by atoms with E-state index in [0.29, 0.717) is 18.0 Å². The Labute approximate surface area is 100 Å². The van der Waals surface area contributed by atoms with Crippen molar-refractivity contribution >= 4 is 11.6 Å². The Balaban J connectivity index is 2.69. The average Bonchev–Trinajstić information content (AvgIpc) is 2.28. The van der Waals surface area contributed by atoms with E-state index in [2.05, 4.69) is 5.32 Å². The maximum Gasteiger partial charge on any atom is 0.224 e. The van der Waals surface area contributed by atoms with Crippen molar-refractivity contribution in [2.45, 2.75) is 26.7 Å². The van der Waals surface area contributed by atoms with Crippen LogP contribution in [-0.4, -0.2) is 5.91 Å². The third-order valence-corrected chi connectivity index (χ3v) is 2.32. The second-order valence-corrected chi connectivity index (χ2v) is 4.28. The van der Waals surface area contributed by atoms with E-state index in [9.17, 15) is 9.18 Å².